The number of likely N-dealkylation sites (N-methyl/N-ethyl adjacent to an activating group) is 1. The van der Waals surface area contributed by atoms with E-state index in [-0.39, 0.29) is 0 Å². The summed E-state index contributed by atoms with van der Waals surface area (Å²) in [5, 5.41) is 4.25. The van der Waals surface area contributed by atoms with E-state index in [1.165, 1.54) is 11.3 Å². The van der Waals surface area contributed by atoms with Crippen molar-refractivity contribution in [3.8, 4) is 0 Å². The summed E-state index contributed by atoms with van der Waals surface area (Å²) in [6.45, 7) is 9.44. The van der Waals surface area contributed by atoms with Gasteiger partial charge in [-0.25, -0.2) is 0 Å². The minimum atomic E-state index is 0.583. The summed E-state index contributed by atoms with van der Waals surface area (Å²) in [7, 11) is 2.19. The van der Waals surface area contributed by atoms with E-state index in [1.807, 2.05) is 6.07 Å². The van der Waals surface area contributed by atoms with E-state index in [2.05, 4.69) is 48.1 Å². The Morgan fingerprint density at radius 1 is 1.37 bits per heavy atom. The van der Waals surface area contributed by atoms with Gasteiger partial charge < -0.3 is 15.1 Å². The Morgan fingerprint density at radius 2 is 2.16 bits per heavy atom. The number of halogens is 1. The third-order valence-corrected chi connectivity index (χ3v) is 4.30. The lowest BCUT2D eigenvalue weighted by Gasteiger charge is -2.40. The summed E-state index contributed by atoms with van der Waals surface area (Å²) in [6.07, 6.45) is 0. The molecule has 1 unspecified atom stereocenters. The number of nitrogens with zero attached hydrogens (tertiary/aromatic N) is 2. The summed E-state index contributed by atoms with van der Waals surface area (Å²) < 4.78 is 0. The van der Waals surface area contributed by atoms with Crippen LogP contribution in [-0.4, -0.2) is 44.2 Å². The highest BCUT2D eigenvalue weighted by Gasteiger charge is 2.22. The molecule has 4 heteroatoms. The van der Waals surface area contributed by atoms with E-state index in [1.54, 1.807) is 0 Å². The molecule has 0 aromatic heterocycles. The minimum Gasteiger partial charge on any atom is -0.368 e. The second-order valence-electron chi connectivity index (χ2n) is 5.29. The van der Waals surface area contributed by atoms with Gasteiger partial charge in [0, 0.05) is 48.5 Å². The number of nitrogens with one attached hydrogen (secondary N) is 1. The summed E-state index contributed by atoms with van der Waals surface area (Å²) in [6, 6.07) is 6.81. The van der Waals surface area contributed by atoms with E-state index in [9.17, 15) is 0 Å². The predicted molar refractivity (Wildman–Crippen MR) is 83.1 cm³/mol. The maximum Gasteiger partial charge on any atom is 0.0471 e. The lowest BCUT2D eigenvalue weighted by atomic mass is 10.1. The molecule has 1 aliphatic heterocycles. The molecule has 0 radical (unpaired) electrons. The SMILES string of the molecule is CCNCc1c(Cl)cccc1N1CCN(C)C(C)C1. The van der Waals surface area contributed by atoms with Crippen molar-refractivity contribution in [2.24, 2.45) is 0 Å². The van der Waals surface area contributed by atoms with Crippen molar-refractivity contribution in [1.82, 2.24) is 10.2 Å². The van der Waals surface area contributed by atoms with Gasteiger partial charge in [0.25, 0.3) is 0 Å². The third kappa shape index (κ3) is 3.41. The Kier molecular flexibility index (Phi) is 5.08. The number of piperazine rings is 1. The van der Waals surface area contributed by atoms with Crippen LogP contribution >= 0.6 is 11.6 Å². The average molecular weight is 282 g/mol. The first kappa shape index (κ1) is 14.6. The molecule has 1 aromatic rings. The van der Waals surface area contributed by atoms with Crippen LogP contribution in [0.5, 0.6) is 0 Å². The molecule has 1 heterocycles. The van der Waals surface area contributed by atoms with Crippen molar-refractivity contribution in [2.75, 3.05) is 38.1 Å². The smallest absolute Gasteiger partial charge is 0.0471 e. The molecule has 2 rings (SSSR count). The van der Waals surface area contributed by atoms with Gasteiger partial charge in [-0.15, -0.1) is 0 Å². The second kappa shape index (κ2) is 6.60. The van der Waals surface area contributed by atoms with E-state index in [0.29, 0.717) is 6.04 Å². The van der Waals surface area contributed by atoms with Crippen LogP contribution in [0.1, 0.15) is 19.4 Å². The molecule has 0 saturated carbocycles. The molecule has 0 bridgehead atoms. The molecule has 1 aliphatic rings. The fourth-order valence-electron chi connectivity index (χ4n) is 2.54. The highest BCUT2D eigenvalue weighted by atomic mass is 35.5. The van der Waals surface area contributed by atoms with Crippen molar-refractivity contribution in [3.05, 3.63) is 28.8 Å². The normalized spacial score (nSPS) is 20.8. The van der Waals surface area contributed by atoms with Crippen LogP contribution in [0.25, 0.3) is 0 Å². The van der Waals surface area contributed by atoms with Crippen molar-refractivity contribution in [2.45, 2.75) is 26.4 Å². The molecule has 1 fully saturated rings. The molecule has 3 nitrogen and oxygen atoms in total. The fourth-order valence-corrected chi connectivity index (χ4v) is 2.77. The topological polar surface area (TPSA) is 18.5 Å². The van der Waals surface area contributed by atoms with Gasteiger partial charge in [-0.2, -0.15) is 0 Å². The second-order valence-corrected chi connectivity index (χ2v) is 5.70. The molecular weight excluding hydrogens is 258 g/mol. The van der Waals surface area contributed by atoms with Gasteiger partial charge in [0.15, 0.2) is 0 Å². The highest BCUT2D eigenvalue weighted by Crippen LogP contribution is 2.29. The van der Waals surface area contributed by atoms with Crippen LogP contribution in [0, 0.1) is 0 Å². The van der Waals surface area contributed by atoms with Crippen LogP contribution in [0.3, 0.4) is 0 Å². The summed E-state index contributed by atoms with van der Waals surface area (Å²) in [5.74, 6) is 0. The van der Waals surface area contributed by atoms with Gasteiger partial charge in [-0.05, 0) is 32.6 Å². The van der Waals surface area contributed by atoms with Crippen LogP contribution in [-0.2, 0) is 6.54 Å². The van der Waals surface area contributed by atoms with Gasteiger partial charge in [0.05, 0.1) is 0 Å². The Bertz CT molecular complexity index is 422. The summed E-state index contributed by atoms with van der Waals surface area (Å²) in [5.41, 5.74) is 2.51. The first-order valence-electron chi connectivity index (χ1n) is 7.06. The van der Waals surface area contributed by atoms with Gasteiger partial charge in [-0.1, -0.05) is 24.6 Å². The van der Waals surface area contributed by atoms with Crippen molar-refractivity contribution in [1.29, 1.82) is 0 Å². The average Bonchev–Trinajstić information content (AvgIpc) is 2.40. The van der Waals surface area contributed by atoms with Crippen molar-refractivity contribution < 1.29 is 0 Å². The van der Waals surface area contributed by atoms with E-state index in [4.69, 9.17) is 11.6 Å². The van der Waals surface area contributed by atoms with E-state index < -0.39 is 0 Å². The third-order valence-electron chi connectivity index (χ3n) is 3.95. The number of hydrogen-bond acceptors (Lipinski definition) is 3. The van der Waals surface area contributed by atoms with Gasteiger partial charge in [-0.3, -0.25) is 0 Å². The van der Waals surface area contributed by atoms with Crippen LogP contribution in [0.2, 0.25) is 5.02 Å². The standard InChI is InChI=1S/C15H24ClN3/c1-4-17-10-13-14(16)6-5-7-15(13)19-9-8-18(3)12(2)11-19/h5-7,12,17H,4,8-11H2,1-3H3. The first-order chi connectivity index (χ1) is 9.13. The molecule has 106 valence electrons. The highest BCUT2D eigenvalue weighted by molar-refractivity contribution is 6.31. The Balaban J connectivity index is 2.21. The van der Waals surface area contributed by atoms with Crippen molar-refractivity contribution in [3.63, 3.8) is 0 Å². The molecule has 1 aromatic carbocycles. The van der Waals surface area contributed by atoms with Gasteiger partial charge in [0.2, 0.25) is 0 Å². The maximum absolute atomic E-state index is 6.37. The largest absolute Gasteiger partial charge is 0.368 e. The molecular formula is C15H24ClN3. The Labute approximate surface area is 121 Å². The lowest BCUT2D eigenvalue weighted by molar-refractivity contribution is 0.234. The van der Waals surface area contributed by atoms with Crippen LogP contribution < -0.4 is 10.2 Å². The zero-order valence-corrected chi connectivity index (χ0v) is 12.9. The minimum absolute atomic E-state index is 0.583. The first-order valence-corrected chi connectivity index (χ1v) is 7.44. The zero-order valence-electron chi connectivity index (χ0n) is 12.1. The molecule has 1 N–H and O–H groups in total. The predicted octanol–water partition coefficient (Wildman–Crippen LogP) is 2.59. The van der Waals surface area contributed by atoms with E-state index in [0.717, 1.165) is 37.7 Å². The number of anilines is 1. The van der Waals surface area contributed by atoms with Gasteiger partial charge >= 0.3 is 0 Å². The zero-order chi connectivity index (χ0) is 13.8. The Morgan fingerprint density at radius 3 is 2.84 bits per heavy atom. The lowest BCUT2D eigenvalue weighted by Crippen LogP contribution is -2.50. The molecule has 0 aliphatic carbocycles. The number of benzene rings is 1. The molecule has 0 amide bonds. The number of rotatable bonds is 4. The van der Waals surface area contributed by atoms with Gasteiger partial charge in [0.1, 0.15) is 0 Å². The molecule has 1 atom stereocenters. The van der Waals surface area contributed by atoms with E-state index >= 15 is 0 Å². The fraction of sp³-hybridized carbons (Fsp3) is 0.600. The summed E-state index contributed by atoms with van der Waals surface area (Å²) in [4.78, 5) is 4.87. The van der Waals surface area contributed by atoms with Crippen molar-refractivity contribution >= 4 is 17.3 Å². The number of hydrogen-bond donors (Lipinski definition) is 1. The molecule has 19 heavy (non-hydrogen) atoms. The summed E-state index contributed by atoms with van der Waals surface area (Å²) >= 11 is 6.37. The monoisotopic (exact) mass is 281 g/mol. The van der Waals surface area contributed by atoms with Crippen LogP contribution in [0.15, 0.2) is 18.2 Å². The quantitative estimate of drug-likeness (QED) is 0.915. The molecule has 1 saturated heterocycles. The van der Waals surface area contributed by atoms with Crippen LogP contribution in [0.4, 0.5) is 5.69 Å². The maximum atomic E-state index is 6.37. The Hall–Kier alpha value is -0.770. The molecule has 0 spiro atoms.